The molecule has 0 aliphatic heterocycles. The highest BCUT2D eigenvalue weighted by molar-refractivity contribution is 5.94. The first kappa shape index (κ1) is 16.2. The Bertz CT molecular complexity index is 596. The predicted molar refractivity (Wildman–Crippen MR) is 86.3 cm³/mol. The number of hydrogen-bond acceptors (Lipinski definition) is 4. The van der Waals surface area contributed by atoms with Gasteiger partial charge in [0.15, 0.2) is 0 Å². The fourth-order valence-electron chi connectivity index (χ4n) is 2.16. The lowest BCUT2D eigenvalue weighted by molar-refractivity contribution is -0.120. The van der Waals surface area contributed by atoms with Gasteiger partial charge in [0.05, 0.1) is 12.6 Å². The summed E-state index contributed by atoms with van der Waals surface area (Å²) in [5.74, 6) is 0.846. The molecule has 0 radical (unpaired) electrons. The molecule has 0 fully saturated rings. The Labute approximate surface area is 131 Å². The number of nitrogens with zero attached hydrogens (tertiary/aromatic N) is 4. The molecule has 118 valence electrons. The first-order chi connectivity index (χ1) is 10.6. The smallest absolute Gasteiger partial charge is 0.241 e. The largest absolute Gasteiger partial charge is 0.325 e. The average Bonchev–Trinajstić information content (AvgIpc) is 2.95. The number of carbonyl (C=O) groups excluding carboxylic acids is 1. The molecule has 0 aliphatic carbocycles. The van der Waals surface area contributed by atoms with Crippen LogP contribution in [0.2, 0.25) is 0 Å². The molecular formula is C16H23N5O. The highest BCUT2D eigenvalue weighted by Crippen LogP contribution is 2.09. The van der Waals surface area contributed by atoms with Crippen LogP contribution in [-0.4, -0.2) is 38.7 Å². The highest BCUT2D eigenvalue weighted by Gasteiger charge is 2.20. The summed E-state index contributed by atoms with van der Waals surface area (Å²) in [6.07, 6.45) is 2.76. The third-order valence-corrected chi connectivity index (χ3v) is 3.63. The number of likely N-dealkylation sites (N-methyl/N-ethyl adjacent to an activating group) is 1. The Hall–Kier alpha value is -2.21. The van der Waals surface area contributed by atoms with Gasteiger partial charge in [-0.15, -0.1) is 10.2 Å². The number of amides is 1. The quantitative estimate of drug-likeness (QED) is 0.851. The molecule has 1 heterocycles. The molecule has 0 saturated carbocycles. The van der Waals surface area contributed by atoms with Crippen molar-refractivity contribution >= 4 is 11.6 Å². The summed E-state index contributed by atoms with van der Waals surface area (Å²) < 4.78 is 2.03. The maximum absolute atomic E-state index is 12.3. The van der Waals surface area contributed by atoms with Crippen molar-refractivity contribution < 1.29 is 4.79 Å². The van der Waals surface area contributed by atoms with Crippen LogP contribution >= 0.6 is 0 Å². The number of carbonyl (C=O) groups is 1. The Balaban J connectivity index is 1.95. The summed E-state index contributed by atoms with van der Waals surface area (Å²) in [5, 5.41) is 11.0. The lowest BCUT2D eigenvalue weighted by Crippen LogP contribution is -2.39. The van der Waals surface area contributed by atoms with E-state index in [1.807, 2.05) is 53.8 Å². The molecule has 0 bridgehead atoms. The fourth-order valence-corrected chi connectivity index (χ4v) is 2.16. The number of benzene rings is 1. The fraction of sp³-hybridized carbons (Fsp3) is 0.438. The molecule has 6 nitrogen and oxygen atoms in total. The molecule has 22 heavy (non-hydrogen) atoms. The van der Waals surface area contributed by atoms with Gasteiger partial charge >= 0.3 is 0 Å². The second-order valence-electron chi connectivity index (χ2n) is 5.39. The van der Waals surface area contributed by atoms with Crippen molar-refractivity contribution in [3.63, 3.8) is 0 Å². The van der Waals surface area contributed by atoms with Gasteiger partial charge in [-0.2, -0.15) is 0 Å². The van der Waals surface area contributed by atoms with Crippen LogP contribution in [0.5, 0.6) is 0 Å². The van der Waals surface area contributed by atoms with Crippen molar-refractivity contribution in [1.82, 2.24) is 19.7 Å². The van der Waals surface area contributed by atoms with Gasteiger partial charge in [0.25, 0.3) is 0 Å². The maximum atomic E-state index is 12.3. The summed E-state index contributed by atoms with van der Waals surface area (Å²) in [4.78, 5) is 14.3. The van der Waals surface area contributed by atoms with Crippen molar-refractivity contribution in [1.29, 1.82) is 0 Å². The molecule has 0 saturated heterocycles. The van der Waals surface area contributed by atoms with Gasteiger partial charge in [0.2, 0.25) is 5.91 Å². The molecule has 1 atom stereocenters. The number of rotatable bonds is 7. The van der Waals surface area contributed by atoms with E-state index in [-0.39, 0.29) is 11.9 Å². The van der Waals surface area contributed by atoms with Crippen LogP contribution in [0, 0.1) is 0 Å². The van der Waals surface area contributed by atoms with E-state index in [4.69, 9.17) is 0 Å². The third kappa shape index (κ3) is 4.14. The van der Waals surface area contributed by atoms with Crippen molar-refractivity contribution in [2.24, 2.45) is 0 Å². The van der Waals surface area contributed by atoms with E-state index in [2.05, 4.69) is 22.4 Å². The molecule has 0 spiro atoms. The van der Waals surface area contributed by atoms with Crippen LogP contribution in [0.1, 0.15) is 26.1 Å². The zero-order valence-electron chi connectivity index (χ0n) is 13.4. The average molecular weight is 301 g/mol. The lowest BCUT2D eigenvalue weighted by atomic mass is 10.2. The van der Waals surface area contributed by atoms with Gasteiger partial charge in [-0.1, -0.05) is 25.1 Å². The summed E-state index contributed by atoms with van der Waals surface area (Å²) >= 11 is 0. The summed E-state index contributed by atoms with van der Waals surface area (Å²) in [6.45, 7) is 5.48. The minimum Gasteiger partial charge on any atom is -0.325 e. The monoisotopic (exact) mass is 301 g/mol. The molecule has 1 N–H and O–H groups in total. The molecule has 2 rings (SSSR count). The van der Waals surface area contributed by atoms with Crippen LogP contribution in [0.15, 0.2) is 36.7 Å². The van der Waals surface area contributed by atoms with Gasteiger partial charge in [0, 0.05) is 12.2 Å². The zero-order chi connectivity index (χ0) is 15.9. The summed E-state index contributed by atoms with van der Waals surface area (Å²) in [7, 11) is 1.92. The Morgan fingerprint density at radius 2 is 2.09 bits per heavy atom. The molecule has 6 heteroatoms. The van der Waals surface area contributed by atoms with Crippen LogP contribution < -0.4 is 5.32 Å². The Morgan fingerprint density at radius 1 is 1.36 bits per heavy atom. The van der Waals surface area contributed by atoms with E-state index in [0.29, 0.717) is 6.54 Å². The molecule has 1 aromatic heterocycles. The Kier molecular flexibility index (Phi) is 5.66. The number of aromatic nitrogens is 3. The number of anilines is 1. The van der Waals surface area contributed by atoms with E-state index in [0.717, 1.165) is 24.5 Å². The lowest BCUT2D eigenvalue weighted by Gasteiger charge is -2.23. The van der Waals surface area contributed by atoms with E-state index in [1.165, 1.54) is 0 Å². The molecule has 1 unspecified atom stereocenters. The van der Waals surface area contributed by atoms with E-state index >= 15 is 0 Å². The second-order valence-corrected chi connectivity index (χ2v) is 5.39. The molecule has 1 amide bonds. The van der Waals surface area contributed by atoms with Crippen LogP contribution in [0.4, 0.5) is 5.69 Å². The van der Waals surface area contributed by atoms with Gasteiger partial charge in [0.1, 0.15) is 12.2 Å². The van der Waals surface area contributed by atoms with Crippen molar-refractivity contribution in [2.45, 2.75) is 39.4 Å². The van der Waals surface area contributed by atoms with Crippen LogP contribution in [0.25, 0.3) is 0 Å². The topological polar surface area (TPSA) is 63.1 Å². The Morgan fingerprint density at radius 3 is 2.77 bits per heavy atom. The minimum atomic E-state index is -0.257. The molecule has 2 aromatic rings. The first-order valence-corrected chi connectivity index (χ1v) is 7.54. The van der Waals surface area contributed by atoms with Gasteiger partial charge in [-0.25, -0.2) is 0 Å². The van der Waals surface area contributed by atoms with Crippen LogP contribution in [-0.2, 0) is 17.9 Å². The summed E-state index contributed by atoms with van der Waals surface area (Å²) in [6, 6.07) is 9.22. The highest BCUT2D eigenvalue weighted by atomic mass is 16.2. The minimum absolute atomic E-state index is 0.0322. The number of aryl methyl sites for hydroxylation is 1. The van der Waals surface area contributed by atoms with Gasteiger partial charge < -0.3 is 9.88 Å². The maximum Gasteiger partial charge on any atom is 0.241 e. The first-order valence-electron chi connectivity index (χ1n) is 7.54. The van der Waals surface area contributed by atoms with Crippen molar-refractivity contribution in [2.75, 3.05) is 12.4 Å². The standard InChI is InChI=1S/C16H23N5O/c1-4-10-21-12-17-19-15(21)11-20(3)13(2)16(22)18-14-8-6-5-7-9-14/h5-9,12-13H,4,10-11H2,1-3H3,(H,18,22). The second kappa shape index (κ2) is 7.70. The van der Waals surface area contributed by atoms with E-state index in [9.17, 15) is 4.79 Å². The number of nitrogens with one attached hydrogen (secondary N) is 1. The SMILES string of the molecule is CCCn1cnnc1CN(C)C(C)C(=O)Nc1ccccc1. The van der Waals surface area contributed by atoms with E-state index in [1.54, 1.807) is 6.33 Å². The van der Waals surface area contributed by atoms with Crippen LogP contribution in [0.3, 0.4) is 0 Å². The van der Waals surface area contributed by atoms with Gasteiger partial charge in [-0.05, 0) is 32.5 Å². The molecule has 1 aromatic carbocycles. The third-order valence-electron chi connectivity index (χ3n) is 3.63. The zero-order valence-corrected chi connectivity index (χ0v) is 13.4. The number of hydrogen-bond donors (Lipinski definition) is 1. The molecule has 0 aliphatic rings. The van der Waals surface area contributed by atoms with Gasteiger partial charge in [-0.3, -0.25) is 9.69 Å². The normalized spacial score (nSPS) is 12.4. The van der Waals surface area contributed by atoms with Crippen molar-refractivity contribution in [3.05, 3.63) is 42.5 Å². The number of para-hydroxylation sites is 1. The molecular weight excluding hydrogens is 278 g/mol. The van der Waals surface area contributed by atoms with E-state index < -0.39 is 0 Å². The summed E-state index contributed by atoms with van der Waals surface area (Å²) in [5.41, 5.74) is 0.807. The predicted octanol–water partition coefficient (Wildman–Crippen LogP) is 2.15. The van der Waals surface area contributed by atoms with Crippen molar-refractivity contribution in [3.8, 4) is 0 Å².